The molecular weight excluding hydrogens is 233 g/mol. The lowest BCUT2D eigenvalue weighted by Crippen LogP contribution is -2.23. The Balaban J connectivity index is 1.73. The number of hydrogen-bond donors (Lipinski definition) is 2. The number of aromatic nitrogens is 2. The summed E-state index contributed by atoms with van der Waals surface area (Å²) in [5.74, 6) is -0.295. The first kappa shape index (κ1) is 12.3. The van der Waals surface area contributed by atoms with Gasteiger partial charge in [-0.2, -0.15) is 5.10 Å². The molecule has 1 amide bonds. The minimum absolute atomic E-state index is 0.0334. The fourth-order valence-electron chi connectivity index (χ4n) is 1.57. The van der Waals surface area contributed by atoms with Gasteiger partial charge in [0.2, 0.25) is 5.91 Å². The van der Waals surface area contributed by atoms with Crippen molar-refractivity contribution in [3.63, 3.8) is 0 Å². The summed E-state index contributed by atoms with van der Waals surface area (Å²) >= 11 is 0. The fourth-order valence-corrected chi connectivity index (χ4v) is 1.57. The van der Waals surface area contributed by atoms with Crippen LogP contribution in [0, 0.1) is 5.82 Å². The first-order valence-corrected chi connectivity index (χ1v) is 5.73. The van der Waals surface area contributed by atoms with Crippen LogP contribution in [-0.4, -0.2) is 16.1 Å². The average molecular weight is 247 g/mol. The SMILES string of the molecule is O=C(CCc1ccc(F)cc1)NCc1ccn[nH]1. The van der Waals surface area contributed by atoms with E-state index >= 15 is 0 Å². The molecule has 0 saturated heterocycles. The number of carbonyl (C=O) groups is 1. The maximum absolute atomic E-state index is 12.7. The predicted octanol–water partition coefficient (Wildman–Crippen LogP) is 1.80. The van der Waals surface area contributed by atoms with Crippen LogP contribution in [0.4, 0.5) is 4.39 Å². The van der Waals surface area contributed by atoms with Gasteiger partial charge in [-0.25, -0.2) is 4.39 Å². The van der Waals surface area contributed by atoms with Crippen molar-refractivity contribution in [2.24, 2.45) is 0 Å². The number of amides is 1. The van der Waals surface area contributed by atoms with Gasteiger partial charge in [-0.15, -0.1) is 0 Å². The summed E-state index contributed by atoms with van der Waals surface area (Å²) in [6.45, 7) is 0.447. The molecule has 0 atom stereocenters. The van der Waals surface area contributed by atoms with E-state index in [-0.39, 0.29) is 11.7 Å². The lowest BCUT2D eigenvalue weighted by molar-refractivity contribution is -0.121. The highest BCUT2D eigenvalue weighted by molar-refractivity contribution is 5.76. The number of hydrogen-bond acceptors (Lipinski definition) is 2. The predicted molar refractivity (Wildman–Crippen MR) is 65.2 cm³/mol. The van der Waals surface area contributed by atoms with Crippen molar-refractivity contribution in [2.45, 2.75) is 19.4 Å². The van der Waals surface area contributed by atoms with Crippen LogP contribution < -0.4 is 5.32 Å². The second kappa shape index (κ2) is 5.95. The molecule has 94 valence electrons. The molecule has 0 aliphatic carbocycles. The topological polar surface area (TPSA) is 57.8 Å². The largest absolute Gasteiger partial charge is 0.350 e. The average Bonchev–Trinajstić information content (AvgIpc) is 2.89. The molecule has 18 heavy (non-hydrogen) atoms. The highest BCUT2D eigenvalue weighted by Crippen LogP contribution is 2.05. The van der Waals surface area contributed by atoms with E-state index in [1.165, 1.54) is 12.1 Å². The van der Waals surface area contributed by atoms with Crippen LogP contribution >= 0.6 is 0 Å². The van der Waals surface area contributed by atoms with Gasteiger partial charge >= 0.3 is 0 Å². The van der Waals surface area contributed by atoms with Crippen molar-refractivity contribution in [2.75, 3.05) is 0 Å². The van der Waals surface area contributed by atoms with Gasteiger partial charge in [0.05, 0.1) is 12.2 Å². The molecule has 1 aromatic carbocycles. The molecule has 2 N–H and O–H groups in total. The van der Waals surface area contributed by atoms with Crippen molar-refractivity contribution >= 4 is 5.91 Å². The normalized spacial score (nSPS) is 10.3. The van der Waals surface area contributed by atoms with Crippen molar-refractivity contribution in [3.05, 3.63) is 53.6 Å². The van der Waals surface area contributed by atoms with Crippen molar-refractivity contribution in [1.29, 1.82) is 0 Å². The summed E-state index contributed by atoms with van der Waals surface area (Å²) in [4.78, 5) is 11.6. The number of benzene rings is 1. The Morgan fingerprint density at radius 2 is 2.06 bits per heavy atom. The van der Waals surface area contributed by atoms with E-state index in [0.29, 0.717) is 19.4 Å². The second-order valence-electron chi connectivity index (χ2n) is 3.99. The Morgan fingerprint density at radius 3 is 2.72 bits per heavy atom. The van der Waals surface area contributed by atoms with Crippen LogP contribution in [0.25, 0.3) is 0 Å². The molecule has 0 aliphatic heterocycles. The van der Waals surface area contributed by atoms with Gasteiger partial charge in [-0.1, -0.05) is 12.1 Å². The van der Waals surface area contributed by atoms with Gasteiger partial charge in [0, 0.05) is 12.6 Å². The minimum atomic E-state index is -0.262. The van der Waals surface area contributed by atoms with E-state index in [1.54, 1.807) is 24.4 Å². The zero-order valence-corrected chi connectivity index (χ0v) is 9.82. The third kappa shape index (κ3) is 3.69. The first-order chi connectivity index (χ1) is 8.74. The lowest BCUT2D eigenvalue weighted by Gasteiger charge is -2.04. The molecule has 0 saturated carbocycles. The number of carbonyl (C=O) groups excluding carboxylic acids is 1. The highest BCUT2D eigenvalue weighted by atomic mass is 19.1. The van der Waals surface area contributed by atoms with Crippen LogP contribution in [0.3, 0.4) is 0 Å². The van der Waals surface area contributed by atoms with E-state index in [1.807, 2.05) is 0 Å². The number of rotatable bonds is 5. The number of nitrogens with one attached hydrogen (secondary N) is 2. The van der Waals surface area contributed by atoms with E-state index in [0.717, 1.165) is 11.3 Å². The first-order valence-electron chi connectivity index (χ1n) is 5.73. The molecule has 4 nitrogen and oxygen atoms in total. The van der Waals surface area contributed by atoms with E-state index in [4.69, 9.17) is 0 Å². The van der Waals surface area contributed by atoms with Crippen LogP contribution in [0.15, 0.2) is 36.5 Å². The zero-order valence-electron chi connectivity index (χ0n) is 9.82. The quantitative estimate of drug-likeness (QED) is 0.846. The van der Waals surface area contributed by atoms with Crippen LogP contribution in [0.2, 0.25) is 0 Å². The van der Waals surface area contributed by atoms with Crippen molar-refractivity contribution < 1.29 is 9.18 Å². The summed E-state index contributed by atoms with van der Waals surface area (Å²) in [6.07, 6.45) is 2.63. The van der Waals surface area contributed by atoms with E-state index < -0.39 is 0 Å². The van der Waals surface area contributed by atoms with Crippen molar-refractivity contribution in [1.82, 2.24) is 15.5 Å². The van der Waals surface area contributed by atoms with E-state index in [9.17, 15) is 9.18 Å². The number of aromatic amines is 1. The Kier molecular flexibility index (Phi) is 4.06. The van der Waals surface area contributed by atoms with Gasteiger partial charge in [0.25, 0.3) is 0 Å². The minimum Gasteiger partial charge on any atom is -0.350 e. The van der Waals surface area contributed by atoms with Crippen LogP contribution in [-0.2, 0) is 17.8 Å². The molecule has 0 unspecified atom stereocenters. The third-order valence-electron chi connectivity index (χ3n) is 2.59. The Labute approximate surface area is 104 Å². The third-order valence-corrected chi connectivity index (χ3v) is 2.59. The molecule has 2 rings (SSSR count). The van der Waals surface area contributed by atoms with Crippen LogP contribution in [0.1, 0.15) is 17.7 Å². The molecule has 1 heterocycles. The Morgan fingerprint density at radius 1 is 1.28 bits per heavy atom. The van der Waals surface area contributed by atoms with Gasteiger partial charge in [-0.05, 0) is 30.2 Å². The summed E-state index contributed by atoms with van der Waals surface area (Å²) in [6, 6.07) is 7.99. The fraction of sp³-hybridized carbons (Fsp3) is 0.231. The highest BCUT2D eigenvalue weighted by Gasteiger charge is 2.03. The molecule has 0 bridgehead atoms. The van der Waals surface area contributed by atoms with Gasteiger partial charge in [0.1, 0.15) is 5.82 Å². The van der Waals surface area contributed by atoms with Gasteiger partial charge < -0.3 is 5.32 Å². The standard InChI is InChI=1S/C13H14FN3O/c14-11-4-1-10(2-5-11)3-6-13(18)15-9-12-7-8-16-17-12/h1-2,4-5,7-8H,3,6,9H2,(H,15,18)(H,16,17). The van der Waals surface area contributed by atoms with Crippen LogP contribution in [0.5, 0.6) is 0 Å². The maximum atomic E-state index is 12.7. The van der Waals surface area contributed by atoms with E-state index in [2.05, 4.69) is 15.5 Å². The number of aryl methyl sites for hydroxylation is 1. The number of nitrogens with zero attached hydrogens (tertiary/aromatic N) is 1. The summed E-state index contributed by atoms with van der Waals surface area (Å²) in [5, 5.41) is 9.34. The molecule has 0 radical (unpaired) electrons. The Hall–Kier alpha value is -2.17. The summed E-state index contributed by atoms with van der Waals surface area (Å²) in [7, 11) is 0. The lowest BCUT2D eigenvalue weighted by atomic mass is 10.1. The molecule has 2 aromatic rings. The maximum Gasteiger partial charge on any atom is 0.220 e. The van der Waals surface area contributed by atoms with Crippen molar-refractivity contribution in [3.8, 4) is 0 Å². The monoisotopic (exact) mass is 247 g/mol. The smallest absolute Gasteiger partial charge is 0.220 e. The molecular formula is C13H14FN3O. The summed E-state index contributed by atoms with van der Waals surface area (Å²) < 4.78 is 12.7. The second-order valence-corrected chi connectivity index (χ2v) is 3.99. The van der Waals surface area contributed by atoms with Gasteiger partial charge in [-0.3, -0.25) is 9.89 Å². The Bertz CT molecular complexity index is 493. The molecule has 1 aromatic heterocycles. The molecule has 0 spiro atoms. The number of H-pyrrole nitrogens is 1. The molecule has 0 fully saturated rings. The molecule has 5 heteroatoms. The zero-order chi connectivity index (χ0) is 12.8. The summed E-state index contributed by atoms with van der Waals surface area (Å²) in [5.41, 5.74) is 1.82. The molecule has 0 aliphatic rings. The van der Waals surface area contributed by atoms with Gasteiger partial charge in [0.15, 0.2) is 0 Å². The number of halogens is 1.